The van der Waals surface area contributed by atoms with Crippen LogP contribution in [0, 0.1) is 17.8 Å². The molecule has 4 rings (SSSR count). The molecule has 2 saturated carbocycles. The van der Waals surface area contributed by atoms with Gasteiger partial charge in [0.2, 0.25) is 0 Å². The molecule has 1 aromatic rings. The molecule has 3 heteroatoms. The van der Waals surface area contributed by atoms with E-state index in [0.717, 1.165) is 0 Å². The van der Waals surface area contributed by atoms with E-state index in [1.807, 2.05) is 6.07 Å². The molecule has 2 nitrogen and oxygen atoms in total. The van der Waals surface area contributed by atoms with Gasteiger partial charge in [0, 0.05) is 11.8 Å². The van der Waals surface area contributed by atoms with Crippen molar-refractivity contribution in [3.05, 3.63) is 35.9 Å². The summed E-state index contributed by atoms with van der Waals surface area (Å²) in [7, 11) is 0. The Bertz CT molecular complexity index is 472. The summed E-state index contributed by atoms with van der Waals surface area (Å²) in [4.78, 5) is 12.0. The summed E-state index contributed by atoms with van der Waals surface area (Å²) in [5.74, 6) is 1.70. The SMILES string of the molecule is O=C1O[C@@H]2[C@H](I)[C@@H]3C[C@H]2[C@H]1[C@H]3c1ccccc1. The molecule has 3 fully saturated rings. The lowest BCUT2D eigenvalue weighted by Crippen LogP contribution is -2.32. The number of fused-ring (bicyclic) bond motifs is 1. The van der Waals surface area contributed by atoms with Crippen molar-refractivity contribution >= 4 is 28.6 Å². The minimum Gasteiger partial charge on any atom is -0.461 e. The predicted molar refractivity (Wildman–Crippen MR) is 72.0 cm³/mol. The van der Waals surface area contributed by atoms with Gasteiger partial charge in [-0.25, -0.2) is 0 Å². The number of rotatable bonds is 1. The lowest BCUT2D eigenvalue weighted by molar-refractivity contribution is -0.143. The number of hydrogen-bond acceptors (Lipinski definition) is 2. The number of alkyl halides is 1. The van der Waals surface area contributed by atoms with Gasteiger partial charge in [-0.05, 0) is 17.9 Å². The van der Waals surface area contributed by atoms with Crippen LogP contribution in [0.3, 0.4) is 0 Å². The van der Waals surface area contributed by atoms with Crippen LogP contribution < -0.4 is 0 Å². The van der Waals surface area contributed by atoms with Gasteiger partial charge in [0.05, 0.1) is 9.84 Å². The quantitative estimate of drug-likeness (QED) is 0.446. The van der Waals surface area contributed by atoms with Crippen molar-refractivity contribution in [3.8, 4) is 0 Å². The Labute approximate surface area is 114 Å². The molecule has 1 aliphatic heterocycles. The van der Waals surface area contributed by atoms with Crippen LogP contribution in [0.4, 0.5) is 0 Å². The van der Waals surface area contributed by atoms with Crippen molar-refractivity contribution in [3.63, 3.8) is 0 Å². The molecule has 2 aliphatic carbocycles. The van der Waals surface area contributed by atoms with Gasteiger partial charge < -0.3 is 4.74 Å². The van der Waals surface area contributed by atoms with Crippen LogP contribution in [-0.4, -0.2) is 16.0 Å². The summed E-state index contributed by atoms with van der Waals surface area (Å²) in [5.41, 5.74) is 1.32. The Morgan fingerprint density at radius 2 is 1.88 bits per heavy atom. The molecular formula is C14H13IO2. The Hall–Kier alpha value is -0.580. The lowest BCUT2D eigenvalue weighted by Gasteiger charge is -2.28. The van der Waals surface area contributed by atoms with Crippen molar-refractivity contribution in [1.29, 1.82) is 0 Å². The third-order valence-electron chi connectivity index (χ3n) is 4.71. The van der Waals surface area contributed by atoms with E-state index in [0.29, 0.717) is 21.7 Å². The maximum atomic E-state index is 12.0. The molecule has 2 bridgehead atoms. The number of carbonyl (C=O) groups excluding carboxylic acids is 1. The second kappa shape index (κ2) is 3.46. The van der Waals surface area contributed by atoms with Crippen molar-refractivity contribution in [1.82, 2.24) is 0 Å². The molecular weight excluding hydrogens is 327 g/mol. The number of ether oxygens (including phenoxy) is 1. The van der Waals surface area contributed by atoms with Crippen LogP contribution in [0.25, 0.3) is 0 Å². The molecule has 0 N–H and O–H groups in total. The van der Waals surface area contributed by atoms with Gasteiger partial charge in [-0.1, -0.05) is 52.9 Å². The molecule has 6 atom stereocenters. The molecule has 88 valence electrons. The molecule has 1 aromatic carbocycles. The molecule has 17 heavy (non-hydrogen) atoms. The van der Waals surface area contributed by atoms with Crippen molar-refractivity contribution in [2.75, 3.05) is 0 Å². The Morgan fingerprint density at radius 1 is 1.12 bits per heavy atom. The molecule has 0 aromatic heterocycles. The maximum absolute atomic E-state index is 12.0. The molecule has 1 saturated heterocycles. The first-order chi connectivity index (χ1) is 8.27. The molecule has 0 unspecified atom stereocenters. The zero-order valence-electron chi connectivity index (χ0n) is 9.25. The van der Waals surface area contributed by atoms with Gasteiger partial charge in [0.25, 0.3) is 0 Å². The van der Waals surface area contributed by atoms with Crippen molar-refractivity contribution < 1.29 is 9.53 Å². The second-order valence-electron chi connectivity index (χ2n) is 5.37. The molecule has 0 radical (unpaired) electrons. The summed E-state index contributed by atoms with van der Waals surface area (Å²) < 4.78 is 6.06. The fraction of sp³-hybridized carbons (Fsp3) is 0.500. The maximum Gasteiger partial charge on any atom is 0.310 e. The number of benzene rings is 1. The summed E-state index contributed by atoms with van der Waals surface area (Å²) in [5, 5.41) is 0. The smallest absolute Gasteiger partial charge is 0.310 e. The average molecular weight is 340 g/mol. The van der Waals surface area contributed by atoms with Crippen LogP contribution in [0.2, 0.25) is 0 Å². The zero-order chi connectivity index (χ0) is 11.6. The van der Waals surface area contributed by atoms with Gasteiger partial charge in [0.15, 0.2) is 0 Å². The van der Waals surface area contributed by atoms with E-state index in [1.54, 1.807) is 0 Å². The highest BCUT2D eigenvalue weighted by molar-refractivity contribution is 14.1. The highest BCUT2D eigenvalue weighted by Crippen LogP contribution is 2.63. The Balaban J connectivity index is 1.80. The van der Waals surface area contributed by atoms with Gasteiger partial charge in [-0.3, -0.25) is 4.79 Å². The van der Waals surface area contributed by atoms with Gasteiger partial charge in [-0.2, -0.15) is 0 Å². The second-order valence-corrected chi connectivity index (χ2v) is 6.81. The van der Waals surface area contributed by atoms with E-state index in [2.05, 4.69) is 46.9 Å². The van der Waals surface area contributed by atoms with Crippen molar-refractivity contribution in [2.45, 2.75) is 22.4 Å². The van der Waals surface area contributed by atoms with E-state index in [-0.39, 0.29) is 18.0 Å². The van der Waals surface area contributed by atoms with E-state index >= 15 is 0 Å². The molecule has 1 heterocycles. The van der Waals surface area contributed by atoms with Crippen LogP contribution in [0.15, 0.2) is 30.3 Å². The first-order valence-corrected chi connectivity index (χ1v) is 7.41. The fourth-order valence-electron chi connectivity index (χ4n) is 4.10. The minimum atomic E-state index is 0.0514. The molecule has 0 amide bonds. The number of esters is 1. The first-order valence-electron chi connectivity index (χ1n) is 6.17. The number of carbonyl (C=O) groups is 1. The fourth-order valence-corrected chi connectivity index (χ4v) is 5.52. The predicted octanol–water partition coefficient (Wildman–Crippen LogP) is 2.77. The van der Waals surface area contributed by atoms with Crippen LogP contribution >= 0.6 is 22.6 Å². The normalized spacial score (nSPS) is 46.3. The lowest BCUT2D eigenvalue weighted by atomic mass is 9.76. The van der Waals surface area contributed by atoms with E-state index in [4.69, 9.17) is 4.74 Å². The topological polar surface area (TPSA) is 26.3 Å². The summed E-state index contributed by atoms with van der Waals surface area (Å²) in [6.45, 7) is 0. The third kappa shape index (κ3) is 1.23. The zero-order valence-corrected chi connectivity index (χ0v) is 11.4. The average Bonchev–Trinajstić information content (AvgIpc) is 2.94. The Morgan fingerprint density at radius 3 is 2.65 bits per heavy atom. The van der Waals surface area contributed by atoms with Crippen LogP contribution in [0.1, 0.15) is 17.9 Å². The van der Waals surface area contributed by atoms with E-state index in [1.165, 1.54) is 12.0 Å². The number of hydrogen-bond donors (Lipinski definition) is 0. The summed E-state index contributed by atoms with van der Waals surface area (Å²) in [6.07, 6.45) is 1.38. The first kappa shape index (κ1) is 10.4. The largest absolute Gasteiger partial charge is 0.461 e. The monoisotopic (exact) mass is 340 g/mol. The molecule has 0 spiro atoms. The van der Waals surface area contributed by atoms with Gasteiger partial charge in [0.1, 0.15) is 6.10 Å². The van der Waals surface area contributed by atoms with Crippen LogP contribution in [-0.2, 0) is 9.53 Å². The highest BCUT2D eigenvalue weighted by Gasteiger charge is 2.65. The minimum absolute atomic E-state index is 0.0514. The third-order valence-corrected chi connectivity index (χ3v) is 6.34. The summed E-state index contributed by atoms with van der Waals surface area (Å²) >= 11 is 2.49. The van der Waals surface area contributed by atoms with Crippen molar-refractivity contribution in [2.24, 2.45) is 17.8 Å². The van der Waals surface area contributed by atoms with Gasteiger partial charge >= 0.3 is 5.97 Å². The highest BCUT2D eigenvalue weighted by atomic mass is 127. The molecule has 3 aliphatic rings. The number of halogens is 1. The standard InChI is InChI=1S/C14H13IO2/c15-12-8-6-9-11(14(16)17-13(9)12)10(8)7-4-2-1-3-5-7/h1-5,8-13H,6H2/t8-,9+,10+,11+,12-,13+/m1/s1. The van der Waals surface area contributed by atoms with E-state index < -0.39 is 0 Å². The van der Waals surface area contributed by atoms with Gasteiger partial charge in [-0.15, -0.1) is 0 Å². The van der Waals surface area contributed by atoms with E-state index in [9.17, 15) is 4.79 Å². The Kier molecular flexibility index (Phi) is 2.11. The summed E-state index contributed by atoms with van der Waals surface area (Å²) in [6, 6.07) is 10.5. The van der Waals surface area contributed by atoms with Crippen LogP contribution in [0.5, 0.6) is 0 Å².